The van der Waals surface area contributed by atoms with E-state index >= 15 is 0 Å². The van der Waals surface area contributed by atoms with Gasteiger partial charge in [0.25, 0.3) is 5.56 Å². The molecule has 1 atom stereocenters. The smallest absolute Gasteiger partial charge is 0.261 e. The Morgan fingerprint density at radius 3 is 2.50 bits per heavy atom. The molecule has 2 heterocycles. The Labute approximate surface area is 191 Å². The van der Waals surface area contributed by atoms with Crippen molar-refractivity contribution in [1.82, 2.24) is 14.5 Å². The predicted molar refractivity (Wildman–Crippen MR) is 135 cm³/mol. The van der Waals surface area contributed by atoms with E-state index in [1.807, 2.05) is 41.0 Å². The average molecular weight is 430 g/mol. The molecule has 1 saturated heterocycles. The Morgan fingerprint density at radius 1 is 1.03 bits per heavy atom. The van der Waals surface area contributed by atoms with Crippen LogP contribution in [0.4, 0.5) is 0 Å². The third-order valence-corrected chi connectivity index (χ3v) is 6.51. The zero-order chi connectivity index (χ0) is 22.7. The number of nitrogens with zero attached hydrogens (tertiary/aromatic N) is 3. The van der Waals surface area contributed by atoms with Crippen LogP contribution in [0.5, 0.6) is 0 Å². The third kappa shape index (κ3) is 5.02. The van der Waals surface area contributed by atoms with Crippen LogP contribution in [0.25, 0.3) is 23.1 Å². The fourth-order valence-corrected chi connectivity index (χ4v) is 4.71. The third-order valence-electron chi connectivity index (χ3n) is 6.51. The van der Waals surface area contributed by atoms with Crippen LogP contribution in [0.2, 0.25) is 0 Å². The number of benzene rings is 2. The molecule has 1 aliphatic rings. The molecule has 168 valence electrons. The highest BCUT2D eigenvalue weighted by atomic mass is 16.1. The predicted octanol–water partition coefficient (Wildman–Crippen LogP) is 5.81. The van der Waals surface area contributed by atoms with Crippen molar-refractivity contribution in [1.29, 1.82) is 0 Å². The van der Waals surface area contributed by atoms with Crippen molar-refractivity contribution in [3.63, 3.8) is 0 Å². The van der Waals surface area contributed by atoms with Gasteiger partial charge in [-0.15, -0.1) is 0 Å². The first-order valence-electron chi connectivity index (χ1n) is 11.9. The van der Waals surface area contributed by atoms with Crippen molar-refractivity contribution in [3.05, 3.63) is 75.8 Å². The Balaban J connectivity index is 1.69. The fourth-order valence-electron chi connectivity index (χ4n) is 4.71. The molecule has 1 aliphatic heterocycles. The molecule has 4 rings (SSSR count). The molecule has 0 saturated carbocycles. The first-order chi connectivity index (χ1) is 15.4. The minimum atomic E-state index is 0.0929. The van der Waals surface area contributed by atoms with Crippen LogP contribution in [0.1, 0.15) is 63.4 Å². The van der Waals surface area contributed by atoms with Crippen LogP contribution >= 0.6 is 0 Å². The van der Waals surface area contributed by atoms with E-state index in [4.69, 9.17) is 4.98 Å². The Bertz CT molecular complexity index is 1140. The maximum absolute atomic E-state index is 13.7. The highest BCUT2D eigenvalue weighted by molar-refractivity contribution is 5.82. The summed E-state index contributed by atoms with van der Waals surface area (Å²) in [6.45, 7) is 11.7. The van der Waals surface area contributed by atoms with Crippen molar-refractivity contribution in [2.75, 3.05) is 13.1 Å². The lowest BCUT2D eigenvalue weighted by atomic mass is 9.96. The molecule has 0 N–H and O–H groups in total. The zero-order valence-electron chi connectivity index (χ0n) is 19.8. The molecular weight excluding hydrogens is 394 g/mol. The van der Waals surface area contributed by atoms with E-state index in [2.05, 4.69) is 56.9 Å². The number of piperidine rings is 1. The molecule has 0 aliphatic carbocycles. The van der Waals surface area contributed by atoms with Gasteiger partial charge in [-0.1, -0.05) is 62.4 Å². The topological polar surface area (TPSA) is 38.1 Å². The lowest BCUT2D eigenvalue weighted by molar-refractivity contribution is 0.129. The second-order valence-electron chi connectivity index (χ2n) is 9.66. The first kappa shape index (κ1) is 22.5. The summed E-state index contributed by atoms with van der Waals surface area (Å²) in [7, 11) is 0. The Morgan fingerprint density at radius 2 is 1.78 bits per heavy atom. The largest absolute Gasteiger partial charge is 0.301 e. The molecule has 3 aromatic rings. The molecule has 0 unspecified atom stereocenters. The highest BCUT2D eigenvalue weighted by Gasteiger charge is 2.24. The summed E-state index contributed by atoms with van der Waals surface area (Å²) in [4.78, 5) is 21.1. The SMILES string of the molecule is CC(C)c1nc2ccc(/C=C/c3ccccc3)cc2c(=O)n1C[C@H]1CCCN(C(C)C)C1. The van der Waals surface area contributed by atoms with Crippen molar-refractivity contribution < 1.29 is 0 Å². The highest BCUT2D eigenvalue weighted by Crippen LogP contribution is 2.23. The lowest BCUT2D eigenvalue weighted by Crippen LogP contribution is -2.42. The van der Waals surface area contributed by atoms with Crippen LogP contribution in [0.15, 0.2) is 53.3 Å². The number of hydrogen-bond donors (Lipinski definition) is 0. The number of likely N-dealkylation sites (tertiary alicyclic amines) is 1. The number of fused-ring (bicyclic) bond motifs is 1. The van der Waals surface area contributed by atoms with E-state index in [1.54, 1.807) is 0 Å². The molecule has 4 nitrogen and oxygen atoms in total. The van der Waals surface area contributed by atoms with Gasteiger partial charge in [0.1, 0.15) is 5.82 Å². The monoisotopic (exact) mass is 429 g/mol. The van der Waals surface area contributed by atoms with Gasteiger partial charge in [-0.05, 0) is 62.4 Å². The quantitative estimate of drug-likeness (QED) is 0.464. The van der Waals surface area contributed by atoms with E-state index in [9.17, 15) is 4.79 Å². The zero-order valence-corrected chi connectivity index (χ0v) is 19.8. The van der Waals surface area contributed by atoms with Gasteiger partial charge in [0, 0.05) is 25.0 Å². The van der Waals surface area contributed by atoms with E-state index in [0.29, 0.717) is 17.3 Å². The van der Waals surface area contributed by atoms with Crippen molar-refractivity contribution in [2.45, 2.75) is 59.0 Å². The van der Waals surface area contributed by atoms with E-state index in [0.717, 1.165) is 42.1 Å². The van der Waals surface area contributed by atoms with Crippen LogP contribution in [0.3, 0.4) is 0 Å². The van der Waals surface area contributed by atoms with Crippen LogP contribution in [-0.2, 0) is 6.54 Å². The summed E-state index contributed by atoms with van der Waals surface area (Å²) >= 11 is 0. The second-order valence-corrected chi connectivity index (χ2v) is 9.66. The van der Waals surface area contributed by atoms with E-state index < -0.39 is 0 Å². The van der Waals surface area contributed by atoms with Crippen molar-refractivity contribution in [2.24, 2.45) is 5.92 Å². The summed E-state index contributed by atoms with van der Waals surface area (Å²) in [5, 5.41) is 0.709. The molecule has 0 amide bonds. The average Bonchev–Trinajstić information content (AvgIpc) is 2.80. The maximum atomic E-state index is 13.7. The minimum Gasteiger partial charge on any atom is -0.301 e. The Hall–Kier alpha value is -2.72. The molecule has 0 spiro atoms. The maximum Gasteiger partial charge on any atom is 0.261 e. The van der Waals surface area contributed by atoms with Crippen LogP contribution in [-0.4, -0.2) is 33.6 Å². The van der Waals surface area contributed by atoms with Gasteiger partial charge < -0.3 is 4.90 Å². The minimum absolute atomic E-state index is 0.0929. The van der Waals surface area contributed by atoms with Gasteiger partial charge in [-0.2, -0.15) is 0 Å². The van der Waals surface area contributed by atoms with Crippen molar-refractivity contribution in [3.8, 4) is 0 Å². The first-order valence-corrected chi connectivity index (χ1v) is 11.9. The van der Waals surface area contributed by atoms with Gasteiger partial charge in [0.15, 0.2) is 0 Å². The summed E-state index contributed by atoms with van der Waals surface area (Å²) in [5.41, 5.74) is 3.05. The summed E-state index contributed by atoms with van der Waals surface area (Å²) < 4.78 is 1.96. The molecule has 0 bridgehead atoms. The fraction of sp³-hybridized carbons (Fsp3) is 0.429. The Kier molecular flexibility index (Phi) is 6.90. The van der Waals surface area contributed by atoms with Gasteiger partial charge in [0.2, 0.25) is 0 Å². The summed E-state index contributed by atoms with van der Waals surface area (Å²) in [5.74, 6) is 1.59. The number of hydrogen-bond acceptors (Lipinski definition) is 3. The summed E-state index contributed by atoms with van der Waals surface area (Å²) in [6, 6.07) is 16.8. The molecule has 0 radical (unpaired) electrons. The number of rotatable bonds is 6. The van der Waals surface area contributed by atoms with Crippen LogP contribution < -0.4 is 5.56 Å². The lowest BCUT2D eigenvalue weighted by Gasteiger charge is -2.36. The molecule has 4 heteroatoms. The van der Waals surface area contributed by atoms with Gasteiger partial charge in [-0.3, -0.25) is 9.36 Å². The second kappa shape index (κ2) is 9.83. The normalized spacial score (nSPS) is 17.8. The van der Waals surface area contributed by atoms with Gasteiger partial charge >= 0.3 is 0 Å². The number of aromatic nitrogens is 2. The molecule has 1 fully saturated rings. The van der Waals surface area contributed by atoms with E-state index in [-0.39, 0.29) is 11.5 Å². The molecular formula is C28H35N3O. The molecule has 1 aromatic heterocycles. The molecule has 2 aromatic carbocycles. The van der Waals surface area contributed by atoms with E-state index in [1.165, 1.54) is 12.8 Å². The van der Waals surface area contributed by atoms with Crippen molar-refractivity contribution >= 4 is 23.1 Å². The van der Waals surface area contributed by atoms with Gasteiger partial charge in [0.05, 0.1) is 10.9 Å². The molecule has 32 heavy (non-hydrogen) atoms. The summed E-state index contributed by atoms with van der Waals surface area (Å²) in [6.07, 6.45) is 6.52. The van der Waals surface area contributed by atoms with Gasteiger partial charge in [-0.25, -0.2) is 4.98 Å². The van der Waals surface area contributed by atoms with Crippen LogP contribution in [0, 0.1) is 5.92 Å². The standard InChI is InChI=1S/C28H35N3O/c1-20(2)27-29-26-15-14-23(13-12-22-9-6-5-7-10-22)17-25(26)28(32)31(27)19-24-11-8-16-30(18-24)21(3)4/h5-7,9-10,12-15,17,20-21,24H,8,11,16,18-19H2,1-4H3/b13-12+/t24-/m0/s1.